The number of nitrogens with zero attached hydrogens (tertiary/aromatic N) is 2. The monoisotopic (exact) mass is 684 g/mol. The third kappa shape index (κ3) is 9.39. The van der Waals surface area contributed by atoms with Gasteiger partial charge in [-0.25, -0.2) is 21.6 Å². The SMILES string of the molecule is O=C1[C@@H](NS(=O)(=O)/C=C/c2ccc(Cl)s2)CCCN1CC(=O)N1CCC[C@H]1CNS(=O)(=O)c1ccc(OC(F)(F)F)cc1. The number of carbonyl (C=O) groups is 2. The van der Waals surface area contributed by atoms with Gasteiger partial charge in [-0.2, -0.15) is 4.72 Å². The fraction of sp³-hybridized carbons (Fsp3) is 0.440. The Morgan fingerprint density at radius 1 is 1.07 bits per heavy atom. The maximum atomic E-state index is 13.2. The van der Waals surface area contributed by atoms with Gasteiger partial charge in [0.25, 0.3) is 0 Å². The first kappa shape index (κ1) is 33.2. The lowest BCUT2D eigenvalue weighted by Gasteiger charge is -2.34. The van der Waals surface area contributed by atoms with Gasteiger partial charge >= 0.3 is 6.36 Å². The largest absolute Gasteiger partial charge is 0.573 e. The number of hydrogen-bond acceptors (Lipinski definition) is 8. The molecule has 236 valence electrons. The van der Waals surface area contributed by atoms with E-state index in [1.54, 1.807) is 12.1 Å². The van der Waals surface area contributed by atoms with E-state index in [1.165, 1.54) is 27.2 Å². The lowest BCUT2D eigenvalue weighted by Crippen LogP contribution is -2.55. The summed E-state index contributed by atoms with van der Waals surface area (Å²) in [7, 11) is -8.07. The van der Waals surface area contributed by atoms with Gasteiger partial charge in [-0.15, -0.1) is 24.5 Å². The zero-order chi connectivity index (χ0) is 31.4. The van der Waals surface area contributed by atoms with E-state index in [2.05, 4.69) is 14.2 Å². The molecule has 0 aliphatic carbocycles. The number of likely N-dealkylation sites (tertiary alicyclic amines) is 2. The van der Waals surface area contributed by atoms with E-state index in [4.69, 9.17) is 11.6 Å². The number of ether oxygens (including phenoxy) is 1. The van der Waals surface area contributed by atoms with Crippen LogP contribution in [0.3, 0.4) is 0 Å². The molecule has 11 nitrogen and oxygen atoms in total. The zero-order valence-electron chi connectivity index (χ0n) is 22.4. The van der Waals surface area contributed by atoms with Crippen LogP contribution < -0.4 is 14.2 Å². The second-order valence-electron chi connectivity index (χ2n) is 9.82. The van der Waals surface area contributed by atoms with Crippen molar-refractivity contribution in [3.05, 3.63) is 51.0 Å². The molecule has 2 saturated heterocycles. The van der Waals surface area contributed by atoms with E-state index in [0.717, 1.165) is 29.7 Å². The molecule has 43 heavy (non-hydrogen) atoms. The Labute approximate surface area is 255 Å². The number of rotatable bonds is 11. The van der Waals surface area contributed by atoms with Gasteiger partial charge in [-0.1, -0.05) is 11.6 Å². The van der Waals surface area contributed by atoms with Crippen LogP contribution in [-0.4, -0.2) is 83.1 Å². The van der Waals surface area contributed by atoms with Crippen molar-refractivity contribution in [2.24, 2.45) is 0 Å². The predicted octanol–water partition coefficient (Wildman–Crippen LogP) is 3.15. The number of amides is 2. The Bertz CT molecular complexity index is 1560. The number of carbonyl (C=O) groups excluding carboxylic acids is 2. The third-order valence-corrected chi connectivity index (χ3v) is 10.5. The van der Waals surface area contributed by atoms with E-state index < -0.39 is 56.1 Å². The number of benzene rings is 1. The van der Waals surface area contributed by atoms with Crippen molar-refractivity contribution in [3.63, 3.8) is 0 Å². The van der Waals surface area contributed by atoms with Crippen molar-refractivity contribution in [2.75, 3.05) is 26.2 Å². The summed E-state index contributed by atoms with van der Waals surface area (Å²) in [5, 5.41) is 0.951. The summed E-state index contributed by atoms with van der Waals surface area (Å²) in [6.45, 7) is 0.146. The Kier molecular flexibility index (Phi) is 10.4. The van der Waals surface area contributed by atoms with E-state index in [9.17, 15) is 39.6 Å². The number of alkyl halides is 3. The van der Waals surface area contributed by atoms with Crippen LogP contribution in [0.25, 0.3) is 6.08 Å². The summed E-state index contributed by atoms with van der Waals surface area (Å²) in [6, 6.07) is 5.44. The minimum Gasteiger partial charge on any atom is -0.406 e. The van der Waals surface area contributed by atoms with Gasteiger partial charge < -0.3 is 14.5 Å². The highest BCUT2D eigenvalue weighted by atomic mass is 35.5. The van der Waals surface area contributed by atoms with Crippen LogP contribution in [0.4, 0.5) is 13.2 Å². The van der Waals surface area contributed by atoms with Crippen molar-refractivity contribution < 1.29 is 44.3 Å². The van der Waals surface area contributed by atoms with Crippen LogP contribution >= 0.6 is 22.9 Å². The van der Waals surface area contributed by atoms with E-state index >= 15 is 0 Å². The maximum absolute atomic E-state index is 13.2. The van der Waals surface area contributed by atoms with Crippen LogP contribution in [0.2, 0.25) is 4.34 Å². The molecule has 3 heterocycles. The number of sulfonamides is 2. The van der Waals surface area contributed by atoms with Gasteiger partial charge in [0.1, 0.15) is 11.8 Å². The molecular weight excluding hydrogens is 657 g/mol. The molecule has 2 N–H and O–H groups in total. The van der Waals surface area contributed by atoms with E-state index in [-0.39, 0.29) is 31.0 Å². The highest BCUT2D eigenvalue weighted by Crippen LogP contribution is 2.25. The fourth-order valence-electron chi connectivity index (χ4n) is 4.76. The second-order valence-corrected chi connectivity index (χ2v) is 14.9. The first-order chi connectivity index (χ1) is 20.1. The fourth-order valence-corrected chi connectivity index (χ4v) is 7.90. The smallest absolute Gasteiger partial charge is 0.406 e. The Balaban J connectivity index is 1.32. The molecule has 18 heteroatoms. The second kappa shape index (κ2) is 13.5. The van der Waals surface area contributed by atoms with Crippen LogP contribution in [0, 0.1) is 0 Å². The normalized spacial score (nSPS) is 20.2. The number of hydrogen-bond donors (Lipinski definition) is 2. The van der Waals surface area contributed by atoms with Crippen LogP contribution in [-0.2, 0) is 29.6 Å². The molecule has 2 atom stereocenters. The molecule has 0 saturated carbocycles. The van der Waals surface area contributed by atoms with Gasteiger partial charge in [-0.05, 0) is 68.2 Å². The van der Waals surface area contributed by atoms with Crippen molar-refractivity contribution >= 4 is 60.9 Å². The lowest BCUT2D eigenvalue weighted by atomic mass is 10.1. The van der Waals surface area contributed by atoms with Gasteiger partial charge in [0, 0.05) is 36.0 Å². The summed E-state index contributed by atoms with van der Waals surface area (Å²) in [5.74, 6) is -1.52. The summed E-state index contributed by atoms with van der Waals surface area (Å²) >= 11 is 7.05. The molecule has 1 aromatic carbocycles. The maximum Gasteiger partial charge on any atom is 0.573 e. The molecule has 1 aromatic heterocycles. The lowest BCUT2D eigenvalue weighted by molar-refractivity contribution is -0.274. The molecule has 0 unspecified atom stereocenters. The Morgan fingerprint density at radius 3 is 2.42 bits per heavy atom. The summed E-state index contributed by atoms with van der Waals surface area (Å²) < 4.78 is 96.6. The van der Waals surface area contributed by atoms with E-state index in [1.807, 2.05) is 0 Å². The standard InChI is InChI=1S/C25H28ClF3N4O7S3/c26-22-10-7-19(41-22)11-14-42(36,37)31-21-4-2-12-32(24(21)35)16-23(34)33-13-1-3-17(33)15-30-43(38,39)20-8-5-18(6-9-20)40-25(27,28)29/h5-11,14,17,21,30-31H,1-4,12-13,15-16H2/b14-11+/t17-,21-/m0/s1. The molecule has 4 rings (SSSR count). The van der Waals surface area contributed by atoms with Gasteiger partial charge in [0.15, 0.2) is 0 Å². The zero-order valence-corrected chi connectivity index (χ0v) is 25.6. The van der Waals surface area contributed by atoms with Crippen LogP contribution in [0.15, 0.2) is 46.7 Å². The Hall–Kier alpha value is -2.70. The van der Waals surface area contributed by atoms with Crippen molar-refractivity contribution in [3.8, 4) is 5.75 Å². The molecule has 2 fully saturated rings. The van der Waals surface area contributed by atoms with Crippen molar-refractivity contribution in [2.45, 2.75) is 49.0 Å². The average molecular weight is 685 g/mol. The van der Waals surface area contributed by atoms with Crippen LogP contribution in [0.1, 0.15) is 30.6 Å². The number of nitrogens with one attached hydrogen (secondary N) is 2. The molecule has 0 bridgehead atoms. The predicted molar refractivity (Wildman–Crippen MR) is 153 cm³/mol. The number of halogens is 4. The van der Waals surface area contributed by atoms with Gasteiger partial charge in [0.2, 0.25) is 31.9 Å². The summed E-state index contributed by atoms with van der Waals surface area (Å²) in [4.78, 5) is 29.3. The molecule has 0 radical (unpaired) electrons. The first-order valence-corrected chi connectivity index (χ1v) is 17.2. The molecule has 2 aliphatic heterocycles. The highest BCUT2D eigenvalue weighted by molar-refractivity contribution is 7.92. The molecule has 2 aromatic rings. The molecule has 0 spiro atoms. The Morgan fingerprint density at radius 2 is 1.77 bits per heavy atom. The van der Waals surface area contributed by atoms with Crippen molar-refractivity contribution in [1.82, 2.24) is 19.2 Å². The minimum atomic E-state index is -4.91. The highest BCUT2D eigenvalue weighted by Gasteiger charge is 2.36. The van der Waals surface area contributed by atoms with E-state index in [0.29, 0.717) is 35.0 Å². The number of piperidine rings is 1. The third-order valence-electron chi connectivity index (χ3n) is 6.74. The topological polar surface area (TPSA) is 142 Å². The minimum absolute atomic E-state index is 0.146. The van der Waals surface area contributed by atoms with Crippen LogP contribution in [0.5, 0.6) is 5.75 Å². The van der Waals surface area contributed by atoms with Crippen molar-refractivity contribution in [1.29, 1.82) is 0 Å². The summed E-state index contributed by atoms with van der Waals surface area (Å²) in [6.07, 6.45) is -1.73. The molecule has 2 aliphatic rings. The quantitative estimate of drug-likeness (QED) is 0.370. The molecular formula is C25H28ClF3N4O7S3. The first-order valence-electron chi connectivity index (χ1n) is 13.0. The molecule has 2 amide bonds. The average Bonchev–Trinajstić information content (AvgIpc) is 3.57. The summed E-state index contributed by atoms with van der Waals surface area (Å²) in [5.41, 5.74) is 0. The van der Waals surface area contributed by atoms with Gasteiger partial charge in [-0.3, -0.25) is 9.59 Å². The number of thiophene rings is 1. The van der Waals surface area contributed by atoms with Gasteiger partial charge in [0.05, 0.1) is 15.8 Å².